The summed E-state index contributed by atoms with van der Waals surface area (Å²) in [5.41, 5.74) is 2.74. The first-order valence-corrected chi connectivity index (χ1v) is 4.61. The van der Waals surface area contributed by atoms with E-state index in [9.17, 15) is 0 Å². The molecule has 0 heterocycles. The summed E-state index contributed by atoms with van der Waals surface area (Å²) in [4.78, 5) is 0. The number of rotatable bonds is 4. The van der Waals surface area contributed by atoms with Crippen LogP contribution in [0.25, 0.3) is 0 Å². The van der Waals surface area contributed by atoms with Crippen molar-refractivity contribution < 1.29 is 0 Å². The van der Waals surface area contributed by atoms with E-state index in [1.165, 1.54) is 11.1 Å². The van der Waals surface area contributed by atoms with Crippen LogP contribution in [-0.4, -0.2) is 0 Å². The van der Waals surface area contributed by atoms with E-state index in [0.717, 1.165) is 6.42 Å². The van der Waals surface area contributed by atoms with Crippen molar-refractivity contribution in [2.24, 2.45) is 11.3 Å². The number of allylic oxidation sites excluding steroid dienone is 2. The second-order valence-electron chi connectivity index (χ2n) is 4.49. The predicted octanol–water partition coefficient (Wildman–Crippen LogP) is 4.19. The van der Waals surface area contributed by atoms with E-state index in [1.807, 2.05) is 0 Å². The van der Waals surface area contributed by atoms with Crippen LogP contribution in [0.15, 0.2) is 24.3 Å². The van der Waals surface area contributed by atoms with Gasteiger partial charge in [0.1, 0.15) is 0 Å². The van der Waals surface area contributed by atoms with Gasteiger partial charge < -0.3 is 0 Å². The van der Waals surface area contributed by atoms with Crippen molar-refractivity contribution in [3.05, 3.63) is 24.3 Å². The Morgan fingerprint density at radius 1 is 1.25 bits per heavy atom. The Bertz CT molecular complexity index is 186. The van der Waals surface area contributed by atoms with Gasteiger partial charge in [-0.1, -0.05) is 38.5 Å². The van der Waals surface area contributed by atoms with Crippen LogP contribution in [0.4, 0.5) is 0 Å². The van der Waals surface area contributed by atoms with Gasteiger partial charge in [0, 0.05) is 0 Å². The van der Waals surface area contributed by atoms with Gasteiger partial charge in [-0.15, -0.1) is 6.58 Å². The maximum absolute atomic E-state index is 4.06. The summed E-state index contributed by atoms with van der Waals surface area (Å²) >= 11 is 0. The molecule has 0 aliphatic heterocycles. The molecular weight excluding hydrogens is 144 g/mol. The average Bonchev–Trinajstić information content (AvgIpc) is 1.84. The van der Waals surface area contributed by atoms with Crippen LogP contribution in [0.5, 0.6) is 0 Å². The predicted molar refractivity (Wildman–Crippen MR) is 57.2 cm³/mol. The zero-order chi connectivity index (χ0) is 9.94. The molecule has 0 spiro atoms. The third-order valence-corrected chi connectivity index (χ3v) is 2.92. The van der Waals surface area contributed by atoms with E-state index < -0.39 is 0 Å². The van der Waals surface area contributed by atoms with Crippen molar-refractivity contribution in [3.8, 4) is 0 Å². The van der Waals surface area contributed by atoms with Crippen LogP contribution in [0, 0.1) is 11.3 Å². The molecular formula is C12H22. The Kier molecular flexibility index (Phi) is 3.76. The zero-order valence-electron chi connectivity index (χ0n) is 9.20. The smallest absolute Gasteiger partial charge is 0.00619 e. The van der Waals surface area contributed by atoms with E-state index >= 15 is 0 Å². The van der Waals surface area contributed by atoms with Crippen molar-refractivity contribution in [1.29, 1.82) is 0 Å². The molecule has 1 unspecified atom stereocenters. The third-order valence-electron chi connectivity index (χ3n) is 2.92. The van der Waals surface area contributed by atoms with Gasteiger partial charge in [0.05, 0.1) is 0 Å². The fraction of sp³-hybridized carbons (Fsp3) is 0.667. The Balaban J connectivity index is 4.62. The molecule has 0 radical (unpaired) electrons. The zero-order valence-corrected chi connectivity index (χ0v) is 9.20. The molecule has 12 heavy (non-hydrogen) atoms. The molecule has 0 aromatic carbocycles. The lowest BCUT2D eigenvalue weighted by Gasteiger charge is -2.35. The van der Waals surface area contributed by atoms with Gasteiger partial charge >= 0.3 is 0 Å². The summed E-state index contributed by atoms with van der Waals surface area (Å²) in [6.07, 6.45) is 1.06. The summed E-state index contributed by atoms with van der Waals surface area (Å²) in [7, 11) is 0. The highest BCUT2D eigenvalue weighted by molar-refractivity contribution is 5.12. The number of hydrogen-bond acceptors (Lipinski definition) is 0. The van der Waals surface area contributed by atoms with Crippen molar-refractivity contribution in [1.82, 2.24) is 0 Å². The molecule has 0 amide bonds. The van der Waals surface area contributed by atoms with E-state index in [0.29, 0.717) is 5.92 Å². The molecule has 0 bridgehead atoms. The molecule has 0 nitrogen and oxygen atoms in total. The van der Waals surface area contributed by atoms with Crippen LogP contribution < -0.4 is 0 Å². The minimum atomic E-state index is 0.228. The van der Waals surface area contributed by atoms with Crippen molar-refractivity contribution in [2.45, 2.75) is 41.0 Å². The molecule has 0 saturated carbocycles. The molecule has 0 saturated heterocycles. The van der Waals surface area contributed by atoms with Crippen molar-refractivity contribution in [3.63, 3.8) is 0 Å². The lowest BCUT2D eigenvalue weighted by atomic mass is 9.70. The van der Waals surface area contributed by atoms with Crippen LogP contribution in [-0.2, 0) is 0 Å². The summed E-state index contributed by atoms with van der Waals surface area (Å²) < 4.78 is 0. The highest BCUT2D eigenvalue weighted by Gasteiger charge is 2.28. The van der Waals surface area contributed by atoms with Crippen LogP contribution in [0.2, 0.25) is 0 Å². The largest absolute Gasteiger partial charge is 0.100 e. The fourth-order valence-electron chi connectivity index (χ4n) is 1.47. The molecule has 0 heteroatoms. The monoisotopic (exact) mass is 166 g/mol. The van der Waals surface area contributed by atoms with Gasteiger partial charge in [0.15, 0.2) is 0 Å². The Labute approximate surface area is 77.4 Å². The van der Waals surface area contributed by atoms with Gasteiger partial charge in [-0.25, -0.2) is 0 Å². The first-order chi connectivity index (χ1) is 5.30. The first-order valence-electron chi connectivity index (χ1n) is 4.61. The van der Waals surface area contributed by atoms with Crippen LogP contribution in [0.3, 0.4) is 0 Å². The molecule has 0 aromatic rings. The standard InChI is InChI=1S/C12H22/c1-9(2)8-12(7,10(3)4)11(5)6/h11H,1,3,8H2,2,4-7H3. The summed E-state index contributed by atoms with van der Waals surface area (Å²) in [6.45, 7) is 19.0. The van der Waals surface area contributed by atoms with Crippen LogP contribution >= 0.6 is 0 Å². The fourth-order valence-corrected chi connectivity index (χ4v) is 1.47. The Hall–Kier alpha value is -0.520. The van der Waals surface area contributed by atoms with Gasteiger partial charge in [-0.3, -0.25) is 0 Å². The molecule has 0 rings (SSSR count). The minimum Gasteiger partial charge on any atom is -0.100 e. The SMILES string of the molecule is C=C(C)CC(C)(C(=C)C)C(C)C. The topological polar surface area (TPSA) is 0 Å². The molecule has 0 N–H and O–H groups in total. The van der Waals surface area contributed by atoms with Gasteiger partial charge in [0.25, 0.3) is 0 Å². The van der Waals surface area contributed by atoms with Crippen molar-refractivity contribution in [2.75, 3.05) is 0 Å². The summed E-state index contributed by atoms with van der Waals surface area (Å²) in [5.74, 6) is 0.631. The molecule has 70 valence electrons. The lowest BCUT2D eigenvalue weighted by molar-refractivity contribution is 0.274. The quantitative estimate of drug-likeness (QED) is 0.549. The second-order valence-corrected chi connectivity index (χ2v) is 4.49. The lowest BCUT2D eigenvalue weighted by Crippen LogP contribution is -2.24. The highest BCUT2D eigenvalue weighted by atomic mass is 14.3. The Morgan fingerprint density at radius 3 is 1.75 bits per heavy atom. The van der Waals surface area contributed by atoms with E-state index in [-0.39, 0.29) is 5.41 Å². The third kappa shape index (κ3) is 2.51. The molecule has 0 aliphatic rings. The van der Waals surface area contributed by atoms with Gasteiger partial charge in [0.2, 0.25) is 0 Å². The van der Waals surface area contributed by atoms with E-state index in [1.54, 1.807) is 0 Å². The molecule has 0 aliphatic carbocycles. The van der Waals surface area contributed by atoms with Crippen molar-refractivity contribution >= 4 is 0 Å². The summed E-state index contributed by atoms with van der Waals surface area (Å²) in [5, 5.41) is 0. The minimum absolute atomic E-state index is 0.228. The average molecular weight is 166 g/mol. The van der Waals surface area contributed by atoms with E-state index in [2.05, 4.69) is 47.8 Å². The molecule has 0 fully saturated rings. The van der Waals surface area contributed by atoms with Gasteiger partial charge in [-0.2, -0.15) is 0 Å². The maximum atomic E-state index is 4.06. The second kappa shape index (κ2) is 3.93. The normalized spacial score (nSPS) is 15.8. The molecule has 1 atom stereocenters. The number of hydrogen-bond donors (Lipinski definition) is 0. The van der Waals surface area contributed by atoms with Gasteiger partial charge in [-0.05, 0) is 31.6 Å². The summed E-state index contributed by atoms with van der Waals surface area (Å²) in [6, 6.07) is 0. The highest BCUT2D eigenvalue weighted by Crippen LogP contribution is 2.39. The van der Waals surface area contributed by atoms with E-state index in [4.69, 9.17) is 0 Å². The maximum Gasteiger partial charge on any atom is -0.00619 e. The van der Waals surface area contributed by atoms with Crippen LogP contribution in [0.1, 0.15) is 41.0 Å². The first kappa shape index (κ1) is 11.5. The molecule has 0 aromatic heterocycles. The Morgan fingerprint density at radius 2 is 1.67 bits per heavy atom.